The Morgan fingerprint density at radius 2 is 2.08 bits per heavy atom. The summed E-state index contributed by atoms with van der Waals surface area (Å²) in [4.78, 5) is 0. The van der Waals surface area contributed by atoms with Crippen molar-refractivity contribution >= 4 is 0 Å². The molecule has 0 saturated heterocycles. The molecule has 0 amide bonds. The first kappa shape index (κ1) is 9.99. The van der Waals surface area contributed by atoms with Crippen molar-refractivity contribution in [3.8, 4) is 0 Å². The van der Waals surface area contributed by atoms with Crippen LogP contribution < -0.4 is 0 Å². The fraction of sp³-hybridized carbons (Fsp3) is 0.500. The second kappa shape index (κ2) is 3.34. The van der Waals surface area contributed by atoms with Crippen molar-refractivity contribution < 1.29 is 5.11 Å². The topological polar surface area (TPSA) is 38.1 Å². The number of hydrogen-bond acceptors (Lipinski definition) is 2. The molecule has 0 aliphatic carbocycles. The van der Waals surface area contributed by atoms with E-state index in [1.807, 2.05) is 27.8 Å². The van der Waals surface area contributed by atoms with Gasteiger partial charge in [0.05, 0.1) is 5.69 Å². The van der Waals surface area contributed by atoms with Crippen molar-refractivity contribution in [2.75, 3.05) is 0 Å². The molecule has 1 rings (SSSR count). The molecule has 0 aliphatic heterocycles. The molecule has 0 radical (unpaired) electrons. The average Bonchev–Trinajstić information content (AvgIpc) is 2.26. The van der Waals surface area contributed by atoms with Crippen LogP contribution in [0.25, 0.3) is 0 Å². The first-order valence-corrected chi connectivity index (χ1v) is 4.28. The van der Waals surface area contributed by atoms with E-state index in [0.29, 0.717) is 0 Å². The highest BCUT2D eigenvalue weighted by Gasteiger charge is 2.17. The van der Waals surface area contributed by atoms with Crippen LogP contribution in [0.2, 0.25) is 0 Å². The first-order chi connectivity index (χ1) is 5.95. The second-order valence-corrected chi connectivity index (χ2v) is 3.46. The molecule has 0 fully saturated rings. The number of aromatic nitrogens is 2. The van der Waals surface area contributed by atoms with Crippen molar-refractivity contribution in [3.05, 3.63) is 29.1 Å². The standard InChI is InChI=1S/C10H16N2O/c1-6(2)10(13)9-7(3)11-12(5)8(9)4/h10,13H,1H2,2-5H3. The van der Waals surface area contributed by atoms with Crippen molar-refractivity contribution in [1.82, 2.24) is 9.78 Å². The van der Waals surface area contributed by atoms with Crippen molar-refractivity contribution in [2.45, 2.75) is 26.9 Å². The zero-order valence-electron chi connectivity index (χ0n) is 8.63. The van der Waals surface area contributed by atoms with Gasteiger partial charge in [0.15, 0.2) is 0 Å². The van der Waals surface area contributed by atoms with Crippen molar-refractivity contribution in [1.29, 1.82) is 0 Å². The summed E-state index contributed by atoms with van der Waals surface area (Å²) in [6.07, 6.45) is -0.589. The van der Waals surface area contributed by atoms with Gasteiger partial charge in [-0.05, 0) is 26.3 Å². The smallest absolute Gasteiger partial charge is 0.103 e. The number of hydrogen-bond donors (Lipinski definition) is 1. The molecule has 1 aromatic rings. The zero-order chi connectivity index (χ0) is 10.2. The van der Waals surface area contributed by atoms with Crippen LogP contribution >= 0.6 is 0 Å². The van der Waals surface area contributed by atoms with Gasteiger partial charge < -0.3 is 5.11 Å². The van der Waals surface area contributed by atoms with Crippen LogP contribution in [0, 0.1) is 13.8 Å². The number of aryl methyl sites for hydroxylation is 2. The molecule has 0 spiro atoms. The van der Waals surface area contributed by atoms with Crippen LogP contribution in [0.4, 0.5) is 0 Å². The van der Waals surface area contributed by atoms with E-state index in [1.54, 1.807) is 4.68 Å². The van der Waals surface area contributed by atoms with E-state index >= 15 is 0 Å². The highest BCUT2D eigenvalue weighted by molar-refractivity contribution is 5.31. The number of aliphatic hydroxyl groups excluding tert-OH is 1. The minimum Gasteiger partial charge on any atom is -0.384 e. The Labute approximate surface area is 78.7 Å². The fourth-order valence-corrected chi connectivity index (χ4v) is 1.43. The minimum absolute atomic E-state index is 0.589. The van der Waals surface area contributed by atoms with E-state index in [-0.39, 0.29) is 0 Å². The third kappa shape index (κ3) is 1.65. The van der Waals surface area contributed by atoms with Gasteiger partial charge in [0.25, 0.3) is 0 Å². The van der Waals surface area contributed by atoms with Gasteiger partial charge >= 0.3 is 0 Å². The molecule has 1 heterocycles. The molecule has 1 atom stereocenters. The maximum Gasteiger partial charge on any atom is 0.103 e. The van der Waals surface area contributed by atoms with Gasteiger partial charge in [-0.25, -0.2) is 0 Å². The summed E-state index contributed by atoms with van der Waals surface area (Å²) < 4.78 is 1.77. The summed E-state index contributed by atoms with van der Waals surface area (Å²) in [5, 5.41) is 14.0. The van der Waals surface area contributed by atoms with Crippen molar-refractivity contribution in [3.63, 3.8) is 0 Å². The van der Waals surface area contributed by atoms with Crippen LogP contribution in [0.3, 0.4) is 0 Å². The van der Waals surface area contributed by atoms with E-state index in [9.17, 15) is 5.11 Å². The summed E-state index contributed by atoms with van der Waals surface area (Å²) in [6.45, 7) is 9.40. The molecule has 1 unspecified atom stereocenters. The van der Waals surface area contributed by atoms with Gasteiger partial charge in [0, 0.05) is 18.3 Å². The molecule has 0 bridgehead atoms. The first-order valence-electron chi connectivity index (χ1n) is 4.28. The second-order valence-electron chi connectivity index (χ2n) is 3.46. The molecule has 13 heavy (non-hydrogen) atoms. The third-order valence-corrected chi connectivity index (χ3v) is 2.31. The van der Waals surface area contributed by atoms with Gasteiger partial charge in [0.1, 0.15) is 6.10 Å². The van der Waals surface area contributed by atoms with Gasteiger partial charge in [-0.1, -0.05) is 6.58 Å². The van der Waals surface area contributed by atoms with E-state index in [0.717, 1.165) is 22.5 Å². The molecule has 0 saturated carbocycles. The highest BCUT2D eigenvalue weighted by atomic mass is 16.3. The zero-order valence-corrected chi connectivity index (χ0v) is 8.63. The molecular weight excluding hydrogens is 164 g/mol. The van der Waals surface area contributed by atoms with Crippen LogP contribution in [-0.4, -0.2) is 14.9 Å². The molecule has 0 aromatic carbocycles. The molecule has 72 valence electrons. The summed E-state index contributed by atoms with van der Waals surface area (Å²) in [6, 6.07) is 0. The molecule has 3 heteroatoms. The lowest BCUT2D eigenvalue weighted by molar-refractivity contribution is 0.214. The lowest BCUT2D eigenvalue weighted by Gasteiger charge is -2.10. The van der Waals surface area contributed by atoms with Crippen LogP contribution in [-0.2, 0) is 7.05 Å². The summed E-state index contributed by atoms with van der Waals surface area (Å²) in [7, 11) is 1.87. The molecule has 3 nitrogen and oxygen atoms in total. The molecular formula is C10H16N2O. The predicted molar refractivity (Wildman–Crippen MR) is 52.5 cm³/mol. The Bertz CT molecular complexity index is 339. The average molecular weight is 180 g/mol. The molecule has 1 N–H and O–H groups in total. The third-order valence-electron chi connectivity index (χ3n) is 2.31. The number of nitrogens with zero attached hydrogens (tertiary/aromatic N) is 2. The van der Waals surface area contributed by atoms with E-state index in [2.05, 4.69) is 11.7 Å². The number of rotatable bonds is 2. The Morgan fingerprint density at radius 3 is 2.38 bits per heavy atom. The van der Waals surface area contributed by atoms with E-state index in [4.69, 9.17) is 0 Å². The maximum absolute atomic E-state index is 9.82. The van der Waals surface area contributed by atoms with E-state index in [1.165, 1.54) is 0 Å². The Morgan fingerprint density at radius 1 is 1.54 bits per heavy atom. The normalized spacial score (nSPS) is 13.0. The monoisotopic (exact) mass is 180 g/mol. The van der Waals surface area contributed by atoms with Gasteiger partial charge in [-0.2, -0.15) is 5.10 Å². The van der Waals surface area contributed by atoms with Crippen LogP contribution in [0.1, 0.15) is 30.0 Å². The van der Waals surface area contributed by atoms with Crippen molar-refractivity contribution in [2.24, 2.45) is 7.05 Å². The van der Waals surface area contributed by atoms with E-state index < -0.39 is 6.10 Å². The lowest BCUT2D eigenvalue weighted by Crippen LogP contribution is -2.01. The number of aliphatic hydroxyl groups is 1. The Hall–Kier alpha value is -1.09. The van der Waals surface area contributed by atoms with Crippen LogP contribution in [0.5, 0.6) is 0 Å². The summed E-state index contributed by atoms with van der Waals surface area (Å²) in [5.41, 5.74) is 3.50. The van der Waals surface area contributed by atoms with Gasteiger partial charge in [-0.15, -0.1) is 0 Å². The summed E-state index contributed by atoms with van der Waals surface area (Å²) in [5.74, 6) is 0. The lowest BCUT2D eigenvalue weighted by atomic mass is 10.0. The highest BCUT2D eigenvalue weighted by Crippen LogP contribution is 2.25. The fourth-order valence-electron chi connectivity index (χ4n) is 1.43. The molecule has 1 aromatic heterocycles. The van der Waals surface area contributed by atoms with Crippen LogP contribution in [0.15, 0.2) is 12.2 Å². The SMILES string of the molecule is C=C(C)C(O)c1c(C)nn(C)c1C. The predicted octanol–water partition coefficient (Wildman–Crippen LogP) is 1.65. The maximum atomic E-state index is 9.82. The summed E-state index contributed by atoms with van der Waals surface area (Å²) >= 11 is 0. The largest absolute Gasteiger partial charge is 0.384 e. The molecule has 0 aliphatic rings. The van der Waals surface area contributed by atoms with Gasteiger partial charge in [0.2, 0.25) is 0 Å². The van der Waals surface area contributed by atoms with Gasteiger partial charge in [-0.3, -0.25) is 4.68 Å². The Kier molecular flexibility index (Phi) is 2.57. The minimum atomic E-state index is -0.589. The quantitative estimate of drug-likeness (QED) is 0.703. The Balaban J connectivity index is 3.20.